The summed E-state index contributed by atoms with van der Waals surface area (Å²) in [5.41, 5.74) is -0.487. The summed E-state index contributed by atoms with van der Waals surface area (Å²) in [7, 11) is -2.64. The summed E-state index contributed by atoms with van der Waals surface area (Å²) >= 11 is 0. The first kappa shape index (κ1) is 11.1. The maximum Gasteiger partial charge on any atom is 0.280 e. The zero-order valence-electron chi connectivity index (χ0n) is 9.24. The Balaban J connectivity index is 2.64. The topological polar surface area (TPSA) is 60.4 Å². The van der Waals surface area contributed by atoms with E-state index in [2.05, 4.69) is 4.18 Å². The standard InChI is InChI=1S/C10H16O4S/c1-9(2)7-4-5-10(9,8(11)6-7)15(12,13)14-3/h7H,4-6H2,1-3H3/t7-,10-/m1/s1. The summed E-state index contributed by atoms with van der Waals surface area (Å²) in [6, 6.07) is 0. The van der Waals surface area contributed by atoms with Crippen molar-refractivity contribution in [2.75, 3.05) is 7.11 Å². The van der Waals surface area contributed by atoms with Crippen molar-refractivity contribution in [2.24, 2.45) is 11.3 Å². The van der Waals surface area contributed by atoms with Crippen LogP contribution in [-0.4, -0.2) is 26.1 Å². The molecule has 2 aliphatic rings. The van der Waals surface area contributed by atoms with Crippen LogP contribution in [-0.2, 0) is 19.1 Å². The van der Waals surface area contributed by atoms with Gasteiger partial charge in [-0.05, 0) is 24.2 Å². The number of Topliss-reactive ketones (excluding diaryl/α,β-unsaturated/α-hetero) is 1. The van der Waals surface area contributed by atoms with Gasteiger partial charge in [0.2, 0.25) is 0 Å². The molecule has 0 spiro atoms. The molecular formula is C10H16O4S. The van der Waals surface area contributed by atoms with Crippen molar-refractivity contribution in [1.29, 1.82) is 0 Å². The first-order valence-corrected chi connectivity index (χ1v) is 6.54. The lowest BCUT2D eigenvalue weighted by molar-refractivity contribution is -0.121. The maximum absolute atomic E-state index is 12.0. The van der Waals surface area contributed by atoms with Gasteiger partial charge in [0.15, 0.2) is 10.5 Å². The van der Waals surface area contributed by atoms with E-state index in [9.17, 15) is 13.2 Å². The third kappa shape index (κ3) is 1.00. The van der Waals surface area contributed by atoms with Gasteiger partial charge in [0.05, 0.1) is 7.11 Å². The van der Waals surface area contributed by atoms with E-state index < -0.39 is 20.3 Å². The molecular weight excluding hydrogens is 216 g/mol. The van der Waals surface area contributed by atoms with Crippen LogP contribution in [0.4, 0.5) is 0 Å². The molecule has 0 aliphatic heterocycles. The van der Waals surface area contributed by atoms with Crippen molar-refractivity contribution in [3.05, 3.63) is 0 Å². The normalized spacial score (nSPS) is 38.6. The van der Waals surface area contributed by atoms with Crippen LogP contribution in [0.3, 0.4) is 0 Å². The molecule has 0 aromatic carbocycles. The molecule has 0 aromatic heterocycles. The van der Waals surface area contributed by atoms with Crippen molar-refractivity contribution >= 4 is 15.9 Å². The zero-order valence-corrected chi connectivity index (χ0v) is 10.1. The number of hydrogen-bond acceptors (Lipinski definition) is 4. The molecule has 0 unspecified atom stereocenters. The van der Waals surface area contributed by atoms with Crippen LogP contribution < -0.4 is 0 Å². The molecule has 2 atom stereocenters. The average Bonchev–Trinajstić information content (AvgIpc) is 2.51. The molecule has 2 rings (SSSR count). The third-order valence-electron chi connectivity index (χ3n) is 4.43. The first-order valence-electron chi connectivity index (χ1n) is 5.13. The highest BCUT2D eigenvalue weighted by atomic mass is 32.2. The molecule has 5 heteroatoms. The second-order valence-electron chi connectivity index (χ2n) is 5.03. The molecule has 2 saturated carbocycles. The Labute approximate surface area is 90.1 Å². The molecule has 0 heterocycles. The summed E-state index contributed by atoms with van der Waals surface area (Å²) in [5.74, 6) is 0.0283. The van der Waals surface area contributed by atoms with Crippen LogP contribution in [0, 0.1) is 11.3 Å². The lowest BCUT2D eigenvalue weighted by atomic mass is 9.81. The first-order chi connectivity index (χ1) is 6.79. The van der Waals surface area contributed by atoms with Gasteiger partial charge in [0.1, 0.15) is 0 Å². The molecule has 2 fully saturated rings. The SMILES string of the molecule is COS(=O)(=O)[C@]12CC[C@H](CC1=O)C2(C)C. The fourth-order valence-electron chi connectivity index (χ4n) is 3.36. The van der Waals surface area contributed by atoms with Gasteiger partial charge in [-0.25, -0.2) is 0 Å². The largest absolute Gasteiger partial charge is 0.298 e. The summed E-state index contributed by atoms with van der Waals surface area (Å²) in [5, 5.41) is 0. The fourth-order valence-corrected chi connectivity index (χ4v) is 5.19. The van der Waals surface area contributed by atoms with Crippen LogP contribution in [0.5, 0.6) is 0 Å². The third-order valence-corrected chi connectivity index (χ3v) is 6.69. The molecule has 4 nitrogen and oxygen atoms in total. The van der Waals surface area contributed by atoms with E-state index in [-0.39, 0.29) is 11.7 Å². The van der Waals surface area contributed by atoms with E-state index >= 15 is 0 Å². The fraction of sp³-hybridized carbons (Fsp3) is 0.900. The number of carbonyl (C=O) groups excluding carboxylic acids is 1. The minimum Gasteiger partial charge on any atom is -0.298 e. The van der Waals surface area contributed by atoms with E-state index in [1.54, 1.807) is 0 Å². The van der Waals surface area contributed by atoms with Crippen molar-refractivity contribution in [1.82, 2.24) is 0 Å². The monoisotopic (exact) mass is 232 g/mol. The lowest BCUT2D eigenvalue weighted by Gasteiger charge is -2.34. The second-order valence-corrected chi connectivity index (χ2v) is 6.97. The van der Waals surface area contributed by atoms with Gasteiger partial charge in [0.25, 0.3) is 10.1 Å². The van der Waals surface area contributed by atoms with E-state index in [1.807, 2.05) is 13.8 Å². The van der Waals surface area contributed by atoms with E-state index in [1.165, 1.54) is 0 Å². The van der Waals surface area contributed by atoms with Crippen LogP contribution in [0.1, 0.15) is 33.1 Å². The highest BCUT2D eigenvalue weighted by Gasteiger charge is 2.71. The van der Waals surface area contributed by atoms with E-state index in [0.29, 0.717) is 12.8 Å². The second kappa shape index (κ2) is 2.83. The molecule has 0 radical (unpaired) electrons. The Morgan fingerprint density at radius 3 is 2.33 bits per heavy atom. The van der Waals surface area contributed by atoms with Gasteiger partial charge < -0.3 is 0 Å². The Kier molecular flexibility index (Phi) is 2.09. The predicted octanol–water partition coefficient (Wildman–Crippen LogP) is 1.11. The number of fused-ring (bicyclic) bond motifs is 2. The molecule has 2 aliphatic carbocycles. The zero-order chi connectivity index (χ0) is 11.5. The van der Waals surface area contributed by atoms with Gasteiger partial charge in [-0.1, -0.05) is 13.8 Å². The highest BCUT2D eigenvalue weighted by Crippen LogP contribution is 2.62. The Morgan fingerprint density at radius 1 is 1.40 bits per heavy atom. The Morgan fingerprint density at radius 2 is 2.00 bits per heavy atom. The van der Waals surface area contributed by atoms with Crippen molar-refractivity contribution in [3.63, 3.8) is 0 Å². The average molecular weight is 232 g/mol. The quantitative estimate of drug-likeness (QED) is 0.669. The van der Waals surface area contributed by atoms with Gasteiger partial charge in [0, 0.05) is 6.42 Å². The molecule has 0 amide bonds. The van der Waals surface area contributed by atoms with Gasteiger partial charge in [-0.2, -0.15) is 8.42 Å². The predicted molar refractivity (Wildman–Crippen MR) is 54.8 cm³/mol. The van der Waals surface area contributed by atoms with E-state index in [0.717, 1.165) is 13.5 Å². The lowest BCUT2D eigenvalue weighted by Crippen LogP contribution is -2.50. The Hall–Kier alpha value is -0.420. The summed E-state index contributed by atoms with van der Waals surface area (Å²) in [6.07, 6.45) is 1.61. The van der Waals surface area contributed by atoms with Crippen LogP contribution in [0.15, 0.2) is 0 Å². The summed E-state index contributed by atoms with van der Waals surface area (Å²) in [4.78, 5) is 11.9. The van der Waals surface area contributed by atoms with Crippen LogP contribution in [0.2, 0.25) is 0 Å². The number of ketones is 1. The number of hydrogen-bond donors (Lipinski definition) is 0. The number of carbonyl (C=O) groups is 1. The minimum absolute atomic E-state index is 0.161. The Bertz CT molecular complexity index is 409. The molecule has 0 N–H and O–H groups in total. The van der Waals surface area contributed by atoms with Gasteiger partial charge in [-0.3, -0.25) is 8.98 Å². The molecule has 15 heavy (non-hydrogen) atoms. The highest BCUT2D eigenvalue weighted by molar-refractivity contribution is 7.89. The van der Waals surface area contributed by atoms with Crippen molar-refractivity contribution in [3.8, 4) is 0 Å². The van der Waals surface area contributed by atoms with Gasteiger partial charge in [-0.15, -0.1) is 0 Å². The van der Waals surface area contributed by atoms with Crippen molar-refractivity contribution in [2.45, 2.75) is 37.9 Å². The van der Waals surface area contributed by atoms with Crippen LogP contribution >= 0.6 is 0 Å². The molecule has 0 saturated heterocycles. The summed E-state index contributed by atoms with van der Waals surface area (Å²) in [6.45, 7) is 3.73. The maximum atomic E-state index is 12.0. The smallest absolute Gasteiger partial charge is 0.280 e. The molecule has 86 valence electrons. The minimum atomic E-state index is -3.77. The van der Waals surface area contributed by atoms with Crippen LogP contribution in [0.25, 0.3) is 0 Å². The van der Waals surface area contributed by atoms with Gasteiger partial charge >= 0.3 is 0 Å². The van der Waals surface area contributed by atoms with E-state index in [4.69, 9.17) is 0 Å². The summed E-state index contributed by atoms with van der Waals surface area (Å²) < 4.78 is 27.3. The molecule has 0 aromatic rings. The number of rotatable bonds is 2. The molecule has 2 bridgehead atoms. The van der Waals surface area contributed by atoms with Crippen molar-refractivity contribution < 1.29 is 17.4 Å².